The molecule has 7 nitrogen and oxygen atoms in total. The highest BCUT2D eigenvalue weighted by atomic mass is 16.5. The maximum absolute atomic E-state index is 13.3. The zero-order valence-corrected chi connectivity index (χ0v) is 21.3. The summed E-state index contributed by atoms with van der Waals surface area (Å²) in [5.41, 5.74) is 9.38. The number of pyridine rings is 1. The van der Waals surface area contributed by atoms with Crippen LogP contribution in [0.25, 0.3) is 6.08 Å². The molecule has 5 rings (SSSR count). The van der Waals surface area contributed by atoms with Gasteiger partial charge in [0.05, 0.1) is 0 Å². The number of aromatic nitrogens is 1. The van der Waals surface area contributed by atoms with Crippen LogP contribution in [-0.2, 0) is 17.8 Å². The molecular weight excluding hydrogens is 452 g/mol. The molecule has 0 radical (unpaired) electrons. The predicted octanol–water partition coefficient (Wildman–Crippen LogP) is 3.81. The van der Waals surface area contributed by atoms with Crippen LogP contribution in [0.5, 0.6) is 5.75 Å². The summed E-state index contributed by atoms with van der Waals surface area (Å²) in [6.45, 7) is 9.00. The molecule has 2 saturated heterocycles. The van der Waals surface area contributed by atoms with Crippen LogP contribution >= 0.6 is 0 Å². The van der Waals surface area contributed by atoms with Crippen molar-refractivity contribution in [3.8, 4) is 5.75 Å². The molecule has 2 fully saturated rings. The van der Waals surface area contributed by atoms with Crippen LogP contribution in [0.15, 0.2) is 42.7 Å². The molecule has 0 bridgehead atoms. The molecule has 2 aromatic rings. The fourth-order valence-electron chi connectivity index (χ4n) is 6.00. The number of carbonyl (C=O) groups is 2. The van der Waals surface area contributed by atoms with Crippen LogP contribution in [0, 0.1) is 5.41 Å². The van der Waals surface area contributed by atoms with Crippen molar-refractivity contribution in [1.29, 1.82) is 0 Å². The second-order valence-electron chi connectivity index (χ2n) is 11.2. The Kier molecular flexibility index (Phi) is 6.60. The SMILES string of the molecule is CC1(C)Cc2c(CN3CCC4(CC3)CCN(C(=O)c3ccncc3C=CC(N)=O)CC4)cccc2O1. The van der Waals surface area contributed by atoms with Crippen LogP contribution in [-0.4, -0.2) is 58.4 Å². The number of ether oxygens (including phenoxy) is 1. The molecule has 0 aliphatic carbocycles. The number of nitrogens with two attached hydrogens (primary N) is 1. The Morgan fingerprint density at radius 2 is 1.81 bits per heavy atom. The summed E-state index contributed by atoms with van der Waals surface area (Å²) in [5.74, 6) is 0.500. The van der Waals surface area contributed by atoms with Gasteiger partial charge < -0.3 is 15.4 Å². The number of amides is 2. The summed E-state index contributed by atoms with van der Waals surface area (Å²) < 4.78 is 6.13. The quantitative estimate of drug-likeness (QED) is 0.647. The van der Waals surface area contributed by atoms with E-state index in [4.69, 9.17) is 10.5 Å². The summed E-state index contributed by atoms with van der Waals surface area (Å²) in [6.07, 6.45) is 11.4. The van der Waals surface area contributed by atoms with E-state index >= 15 is 0 Å². The van der Waals surface area contributed by atoms with Crippen molar-refractivity contribution in [1.82, 2.24) is 14.8 Å². The average molecular weight is 489 g/mol. The standard InChI is InChI=1S/C29H36N4O3/c1-28(2)18-24-22(4-3-5-25(24)36-28)20-32-14-9-29(10-15-32)11-16-33(17-12-29)27(35)23-8-13-31-19-21(23)6-7-26(30)34/h3-8,13,19H,9-12,14-18,20H2,1-2H3,(H2,30,34). The lowest BCUT2D eigenvalue weighted by Gasteiger charge is -2.47. The first-order valence-electron chi connectivity index (χ1n) is 13.0. The molecule has 2 N–H and O–H groups in total. The summed E-state index contributed by atoms with van der Waals surface area (Å²) >= 11 is 0. The minimum Gasteiger partial charge on any atom is -0.487 e. The topological polar surface area (TPSA) is 88.8 Å². The predicted molar refractivity (Wildman–Crippen MR) is 139 cm³/mol. The molecule has 0 unspecified atom stereocenters. The van der Waals surface area contributed by atoms with Crippen LogP contribution in [0.3, 0.4) is 0 Å². The first-order valence-corrected chi connectivity index (χ1v) is 13.0. The first kappa shape index (κ1) is 24.5. The van der Waals surface area contributed by atoms with Gasteiger partial charge in [-0.05, 0) is 81.8 Å². The molecule has 1 aromatic heterocycles. The molecule has 1 aromatic carbocycles. The van der Waals surface area contributed by atoms with Crippen LogP contribution in [0.4, 0.5) is 0 Å². The van der Waals surface area contributed by atoms with Crippen molar-refractivity contribution >= 4 is 17.9 Å². The first-order chi connectivity index (χ1) is 17.2. The number of benzene rings is 1. The third kappa shape index (κ3) is 5.16. The summed E-state index contributed by atoms with van der Waals surface area (Å²) in [5, 5.41) is 0. The second-order valence-corrected chi connectivity index (χ2v) is 11.2. The largest absolute Gasteiger partial charge is 0.487 e. The van der Waals surface area contributed by atoms with Gasteiger partial charge in [-0.15, -0.1) is 0 Å². The highest BCUT2D eigenvalue weighted by Crippen LogP contribution is 2.43. The van der Waals surface area contributed by atoms with E-state index in [0.717, 1.165) is 57.7 Å². The van der Waals surface area contributed by atoms with Gasteiger partial charge in [0.2, 0.25) is 5.91 Å². The molecule has 1 spiro atoms. The monoisotopic (exact) mass is 488 g/mol. The highest BCUT2D eigenvalue weighted by molar-refractivity contribution is 5.99. The Labute approximate surface area is 213 Å². The molecule has 4 heterocycles. The van der Waals surface area contributed by atoms with Gasteiger partial charge in [0, 0.05) is 61.2 Å². The summed E-state index contributed by atoms with van der Waals surface area (Å²) in [7, 11) is 0. The van der Waals surface area contributed by atoms with Crippen molar-refractivity contribution in [3.63, 3.8) is 0 Å². The molecule has 2 amide bonds. The van der Waals surface area contributed by atoms with Crippen LogP contribution in [0.1, 0.15) is 66.6 Å². The van der Waals surface area contributed by atoms with E-state index in [0.29, 0.717) is 16.5 Å². The van der Waals surface area contributed by atoms with E-state index in [9.17, 15) is 9.59 Å². The number of hydrogen-bond acceptors (Lipinski definition) is 5. The zero-order chi connectivity index (χ0) is 25.3. The molecule has 190 valence electrons. The maximum atomic E-state index is 13.3. The fourth-order valence-corrected chi connectivity index (χ4v) is 6.00. The van der Waals surface area contributed by atoms with E-state index in [1.807, 2.05) is 4.90 Å². The normalized spacial score (nSPS) is 20.9. The summed E-state index contributed by atoms with van der Waals surface area (Å²) in [4.78, 5) is 33.0. The molecule has 7 heteroatoms. The lowest BCUT2D eigenvalue weighted by molar-refractivity contribution is -0.113. The highest BCUT2D eigenvalue weighted by Gasteiger charge is 2.39. The average Bonchev–Trinajstić information content (AvgIpc) is 3.19. The number of primary amides is 1. The van der Waals surface area contributed by atoms with Crippen molar-refractivity contribution in [3.05, 3.63) is 65.0 Å². The van der Waals surface area contributed by atoms with Gasteiger partial charge in [0.1, 0.15) is 11.4 Å². The number of rotatable bonds is 5. The van der Waals surface area contributed by atoms with E-state index in [2.05, 4.69) is 41.9 Å². The lowest BCUT2D eigenvalue weighted by Crippen LogP contribution is -2.48. The van der Waals surface area contributed by atoms with E-state index in [1.165, 1.54) is 30.0 Å². The van der Waals surface area contributed by atoms with E-state index in [1.54, 1.807) is 24.5 Å². The van der Waals surface area contributed by atoms with E-state index < -0.39 is 5.91 Å². The number of nitrogens with zero attached hydrogens (tertiary/aromatic N) is 3. The second kappa shape index (κ2) is 9.69. The van der Waals surface area contributed by atoms with Crippen molar-refractivity contribution < 1.29 is 14.3 Å². The Hall–Kier alpha value is -3.19. The van der Waals surface area contributed by atoms with Gasteiger partial charge in [0.15, 0.2) is 0 Å². The Balaban J connectivity index is 1.17. The fraction of sp³-hybridized carbons (Fsp3) is 0.483. The molecular formula is C29H36N4O3. The van der Waals surface area contributed by atoms with E-state index in [-0.39, 0.29) is 11.5 Å². The Bertz CT molecular complexity index is 1170. The third-order valence-corrected chi connectivity index (χ3v) is 8.15. The third-order valence-electron chi connectivity index (χ3n) is 8.15. The van der Waals surface area contributed by atoms with Gasteiger partial charge >= 0.3 is 0 Å². The number of fused-ring (bicyclic) bond motifs is 1. The van der Waals surface area contributed by atoms with Gasteiger partial charge in [0.25, 0.3) is 5.91 Å². The number of likely N-dealkylation sites (tertiary alicyclic amines) is 2. The zero-order valence-electron chi connectivity index (χ0n) is 21.3. The van der Waals surface area contributed by atoms with Gasteiger partial charge in [-0.1, -0.05) is 12.1 Å². The number of carbonyl (C=O) groups excluding carboxylic acids is 2. The Morgan fingerprint density at radius 3 is 2.53 bits per heavy atom. The number of hydrogen-bond donors (Lipinski definition) is 1. The molecule has 0 atom stereocenters. The minimum atomic E-state index is -0.544. The molecule has 3 aliphatic rings. The van der Waals surface area contributed by atoms with Crippen molar-refractivity contribution in [2.75, 3.05) is 26.2 Å². The minimum absolute atomic E-state index is 0.00289. The van der Waals surface area contributed by atoms with Gasteiger partial charge in [-0.3, -0.25) is 19.5 Å². The molecule has 3 aliphatic heterocycles. The summed E-state index contributed by atoms with van der Waals surface area (Å²) in [6, 6.07) is 8.19. The molecule has 36 heavy (non-hydrogen) atoms. The van der Waals surface area contributed by atoms with Crippen LogP contribution in [0.2, 0.25) is 0 Å². The molecule has 0 saturated carbocycles. The number of piperidine rings is 2. The van der Waals surface area contributed by atoms with Gasteiger partial charge in [-0.25, -0.2) is 0 Å². The van der Waals surface area contributed by atoms with Gasteiger partial charge in [-0.2, -0.15) is 0 Å². The Morgan fingerprint density at radius 1 is 1.08 bits per heavy atom. The maximum Gasteiger partial charge on any atom is 0.254 e. The van der Waals surface area contributed by atoms with Crippen molar-refractivity contribution in [2.24, 2.45) is 11.1 Å². The van der Waals surface area contributed by atoms with Crippen molar-refractivity contribution in [2.45, 2.75) is 58.1 Å². The lowest BCUT2D eigenvalue weighted by atomic mass is 9.71. The van der Waals surface area contributed by atoms with Crippen LogP contribution < -0.4 is 10.5 Å². The smallest absolute Gasteiger partial charge is 0.254 e.